The molecule has 4 nitrogen and oxygen atoms in total. The molecule has 5 aromatic rings. The van der Waals surface area contributed by atoms with Crippen molar-refractivity contribution in [3.63, 3.8) is 0 Å². The number of rotatable bonds is 16. The van der Waals surface area contributed by atoms with Gasteiger partial charge in [0, 0.05) is 0 Å². The molecular formula is C50H58O4SSeSi. The standard InChI is InChI=1S/C50H58O4SSeSi/c1-37(2)57(38(3)4,39(5)6)54-45(34-35-55-43-30-20-12-21-31-43)47-48(53-49(7,8)52-47)46(56-44-32-22-13-23-33-44)36-51-50(40-24-14-9-15-25-40,41-26-16-10-17-27-41)42-28-18-11-19-29-42/h9-33,37-39,45-48H,36H2,1-8H3/t45-,46?,47-,48+/m0/s1. The summed E-state index contributed by atoms with van der Waals surface area (Å²) in [5.74, 6) is 2.80. The Morgan fingerprint density at radius 2 is 1.05 bits per heavy atom. The van der Waals surface area contributed by atoms with Crippen LogP contribution in [0.3, 0.4) is 0 Å². The van der Waals surface area contributed by atoms with Crippen molar-refractivity contribution in [2.75, 3.05) is 6.61 Å². The molecule has 1 aliphatic rings. The van der Waals surface area contributed by atoms with E-state index in [4.69, 9.17) is 18.6 Å². The van der Waals surface area contributed by atoms with Crippen LogP contribution in [0.1, 0.15) is 72.1 Å². The van der Waals surface area contributed by atoms with E-state index >= 15 is 0 Å². The van der Waals surface area contributed by atoms with Gasteiger partial charge >= 0.3 is 356 Å². The summed E-state index contributed by atoms with van der Waals surface area (Å²) >= 11 is 1.47. The van der Waals surface area contributed by atoms with Crippen molar-refractivity contribution in [1.29, 1.82) is 0 Å². The maximum atomic E-state index is 7.63. The van der Waals surface area contributed by atoms with Gasteiger partial charge in [0.05, 0.1) is 0 Å². The van der Waals surface area contributed by atoms with E-state index in [2.05, 4.69) is 198 Å². The van der Waals surface area contributed by atoms with Gasteiger partial charge in [-0.25, -0.2) is 0 Å². The summed E-state index contributed by atoms with van der Waals surface area (Å²) in [6.07, 6.45) is -1.33. The SMILES string of the molecule is CC(C)[Si](O[C@@H](C#CSc1ccccc1)[C@@H]1OC(C)(C)O[C@@H]1C(COC(c1ccccc1)(c1ccccc1)c1ccccc1)[Se]c1ccccc1)(C(C)C)C(C)C. The van der Waals surface area contributed by atoms with E-state index in [9.17, 15) is 0 Å². The van der Waals surface area contributed by atoms with E-state index in [1.54, 1.807) is 0 Å². The second-order valence-corrected chi connectivity index (χ2v) is 25.2. The van der Waals surface area contributed by atoms with Crippen molar-refractivity contribution >= 4 is 39.5 Å². The Balaban J connectivity index is 1.47. The molecule has 0 aliphatic carbocycles. The first kappa shape index (κ1) is 43.2. The minimum absolute atomic E-state index is 0.0647. The molecule has 298 valence electrons. The number of thioether (sulfide) groups is 1. The Labute approximate surface area is 353 Å². The first-order chi connectivity index (χ1) is 27.5. The van der Waals surface area contributed by atoms with Crippen LogP contribution in [-0.4, -0.2) is 54.0 Å². The molecule has 6 rings (SSSR count). The monoisotopic (exact) mass is 862 g/mol. The molecule has 57 heavy (non-hydrogen) atoms. The number of hydrogen-bond donors (Lipinski definition) is 0. The third kappa shape index (κ3) is 10.1. The van der Waals surface area contributed by atoms with Gasteiger partial charge in [0.2, 0.25) is 0 Å². The van der Waals surface area contributed by atoms with Crippen LogP contribution in [0.25, 0.3) is 0 Å². The fourth-order valence-corrected chi connectivity index (χ4v) is 17.1. The molecule has 0 N–H and O–H groups in total. The van der Waals surface area contributed by atoms with Gasteiger partial charge in [-0.05, 0) is 0 Å². The predicted molar refractivity (Wildman–Crippen MR) is 241 cm³/mol. The topological polar surface area (TPSA) is 36.9 Å². The van der Waals surface area contributed by atoms with Gasteiger partial charge in [-0.15, -0.1) is 0 Å². The minimum atomic E-state index is -2.43. The Morgan fingerprint density at radius 1 is 0.632 bits per heavy atom. The molecule has 1 heterocycles. The molecule has 1 aliphatic heterocycles. The fraction of sp³-hybridized carbons (Fsp3) is 0.360. The van der Waals surface area contributed by atoms with E-state index in [0.717, 1.165) is 21.6 Å². The molecule has 0 radical (unpaired) electrons. The van der Waals surface area contributed by atoms with Gasteiger partial charge < -0.3 is 0 Å². The fourth-order valence-electron chi connectivity index (χ4n) is 8.63. The second-order valence-electron chi connectivity index (χ2n) is 16.1. The summed E-state index contributed by atoms with van der Waals surface area (Å²) in [6, 6.07) is 52.9. The van der Waals surface area contributed by atoms with Gasteiger partial charge in [0.25, 0.3) is 0 Å². The van der Waals surface area contributed by atoms with Crippen molar-refractivity contribution in [2.45, 2.75) is 111 Å². The van der Waals surface area contributed by atoms with E-state index in [1.807, 2.05) is 19.9 Å². The summed E-state index contributed by atoms with van der Waals surface area (Å²) < 4.78 is 30.6. The molecule has 7 heteroatoms. The molecule has 0 spiro atoms. The predicted octanol–water partition coefficient (Wildman–Crippen LogP) is 11.6. The van der Waals surface area contributed by atoms with Crippen LogP contribution in [0.15, 0.2) is 157 Å². The van der Waals surface area contributed by atoms with E-state index in [1.165, 1.54) is 16.2 Å². The second kappa shape index (κ2) is 19.6. The van der Waals surface area contributed by atoms with Crippen LogP contribution >= 0.6 is 11.8 Å². The van der Waals surface area contributed by atoms with Gasteiger partial charge in [-0.3, -0.25) is 0 Å². The number of benzene rings is 5. The molecule has 5 aromatic carbocycles. The summed E-state index contributed by atoms with van der Waals surface area (Å²) in [5, 5.41) is 3.48. The normalized spacial score (nSPS) is 18.0. The zero-order valence-electron chi connectivity index (χ0n) is 34.6. The van der Waals surface area contributed by atoms with Crippen LogP contribution in [0.5, 0.6) is 0 Å². The van der Waals surface area contributed by atoms with Gasteiger partial charge in [-0.2, -0.15) is 0 Å². The molecule has 4 atom stereocenters. The summed E-state index contributed by atoms with van der Waals surface area (Å²) in [6.45, 7) is 18.4. The van der Waals surface area contributed by atoms with Gasteiger partial charge in [-0.1, -0.05) is 0 Å². The Bertz CT molecular complexity index is 1900. The van der Waals surface area contributed by atoms with Crippen LogP contribution < -0.4 is 4.46 Å². The van der Waals surface area contributed by atoms with E-state index in [0.29, 0.717) is 23.2 Å². The first-order valence-electron chi connectivity index (χ1n) is 20.2. The van der Waals surface area contributed by atoms with Gasteiger partial charge in [0.1, 0.15) is 0 Å². The molecule has 0 saturated carbocycles. The van der Waals surface area contributed by atoms with Crippen molar-refractivity contribution in [2.24, 2.45) is 0 Å². The molecular weight excluding hydrogens is 804 g/mol. The summed E-state index contributed by atoms with van der Waals surface area (Å²) in [5.41, 5.74) is 3.44. The summed E-state index contributed by atoms with van der Waals surface area (Å²) in [4.78, 5) is 1.03. The van der Waals surface area contributed by atoms with Gasteiger partial charge in [0.15, 0.2) is 0 Å². The van der Waals surface area contributed by atoms with E-state index in [-0.39, 0.29) is 25.9 Å². The average molecular weight is 862 g/mol. The Morgan fingerprint density at radius 3 is 1.51 bits per heavy atom. The molecule has 0 aromatic heterocycles. The third-order valence-electron chi connectivity index (χ3n) is 11.0. The van der Waals surface area contributed by atoms with Crippen molar-refractivity contribution in [3.05, 3.63) is 168 Å². The maximum absolute atomic E-state index is 7.63. The van der Waals surface area contributed by atoms with Crippen molar-refractivity contribution in [1.82, 2.24) is 0 Å². The quantitative estimate of drug-likeness (QED) is 0.0428. The van der Waals surface area contributed by atoms with Crippen molar-refractivity contribution in [3.8, 4) is 11.2 Å². The van der Waals surface area contributed by atoms with Crippen LogP contribution in [-0.2, 0) is 24.2 Å². The van der Waals surface area contributed by atoms with E-state index < -0.39 is 31.9 Å². The third-order valence-corrected chi connectivity index (χ3v) is 20.4. The average Bonchev–Trinajstić information content (AvgIpc) is 3.55. The molecule has 0 bridgehead atoms. The number of hydrogen-bond acceptors (Lipinski definition) is 5. The Kier molecular flexibility index (Phi) is 14.8. The molecule has 1 unspecified atom stereocenters. The zero-order valence-corrected chi connectivity index (χ0v) is 38.2. The number of ether oxygens (including phenoxy) is 3. The van der Waals surface area contributed by atoms with Crippen LogP contribution in [0, 0.1) is 11.2 Å². The van der Waals surface area contributed by atoms with Crippen LogP contribution in [0.4, 0.5) is 0 Å². The first-order valence-corrected chi connectivity index (χ1v) is 25.0. The zero-order chi connectivity index (χ0) is 40.5. The van der Waals surface area contributed by atoms with Crippen LogP contribution in [0.2, 0.25) is 21.4 Å². The molecule has 1 saturated heterocycles. The Hall–Kier alpha value is -3.41. The summed E-state index contributed by atoms with van der Waals surface area (Å²) in [7, 11) is -2.43. The molecule has 1 fully saturated rings. The molecule has 0 amide bonds. The van der Waals surface area contributed by atoms with Crippen molar-refractivity contribution < 1.29 is 18.6 Å².